The molecule has 11 heteroatoms. The first-order chi connectivity index (χ1) is 27.1. The molecule has 6 aromatic heterocycles. The van der Waals surface area contributed by atoms with Gasteiger partial charge < -0.3 is 44.6 Å². The molecular weight excluding hydrogens is 1480 g/mol. The van der Waals surface area contributed by atoms with Crippen LogP contribution in [0.1, 0.15) is 116 Å². The molecule has 0 aliphatic heterocycles. The first-order valence-corrected chi connectivity index (χ1v) is 28.7. The molecule has 0 aromatic carbocycles. The number of aromatic nitrogens is 6. The van der Waals surface area contributed by atoms with Crippen molar-refractivity contribution in [3.05, 3.63) is 202 Å². The summed E-state index contributed by atoms with van der Waals surface area (Å²) in [5, 5.41) is 0. The van der Waals surface area contributed by atoms with Crippen LogP contribution in [-0.2, 0) is 78.2 Å². The molecule has 0 unspecified atom stereocenters. The van der Waals surface area contributed by atoms with Crippen LogP contribution < -0.4 is 0 Å². The van der Waals surface area contributed by atoms with Crippen LogP contribution in [0.4, 0.5) is 0 Å². The van der Waals surface area contributed by atoms with Crippen molar-refractivity contribution in [2.24, 2.45) is 0 Å². The minimum atomic E-state index is 0. The standard InChI is InChI=1S/2C18H24N2.C12H10N2.6CH3.2BrH.3Pt/c2*1-17(2,3)13-7-9-19-15(11-13)16-12-14(8-10-20-16)18(4,5)6;1-9-3-5-13-11(7-9)12-8-10(2)4-6-14-12;;;;;;;;;;;/h2*7-12H,1-6H3;3-8H,1-2H2;6*1H3;2*1H;;;/q;;-2;6*-1;;;2*+1;+2/p-2. The van der Waals surface area contributed by atoms with E-state index in [2.05, 4.69) is 202 Å². The molecule has 65 heavy (non-hydrogen) atoms. The second kappa shape index (κ2) is 34.0. The van der Waals surface area contributed by atoms with E-state index >= 15 is 0 Å². The molecular formula is C54H76Br2N6Pt3-6. The van der Waals surface area contributed by atoms with Crippen LogP contribution in [0.15, 0.2) is 110 Å². The molecule has 0 spiro atoms. The predicted octanol–water partition coefficient (Wildman–Crippen LogP) is 16.4. The average Bonchev–Trinajstić information content (AvgIpc) is 3.19. The summed E-state index contributed by atoms with van der Waals surface area (Å²) in [7, 11) is 0. The molecule has 0 N–H and O–H groups in total. The van der Waals surface area contributed by atoms with Crippen molar-refractivity contribution in [2.45, 2.75) is 105 Å². The van der Waals surface area contributed by atoms with Gasteiger partial charge >= 0.3 is 83.2 Å². The van der Waals surface area contributed by atoms with Gasteiger partial charge in [-0.15, -0.1) is 24.3 Å². The van der Waals surface area contributed by atoms with E-state index < -0.39 is 0 Å². The third-order valence-corrected chi connectivity index (χ3v) is 8.94. The Hall–Kier alpha value is -2.34. The summed E-state index contributed by atoms with van der Waals surface area (Å²) in [4.78, 5) is 26.4. The zero-order valence-electron chi connectivity index (χ0n) is 42.2. The molecule has 6 nitrogen and oxygen atoms in total. The Morgan fingerprint density at radius 3 is 0.631 bits per heavy atom. The van der Waals surface area contributed by atoms with E-state index in [1.54, 1.807) is 12.4 Å². The fourth-order valence-corrected chi connectivity index (χ4v) is 5.38. The van der Waals surface area contributed by atoms with Crippen molar-refractivity contribution < 1.29 is 56.6 Å². The number of halogens is 2. The normalized spacial score (nSPS) is 10.1. The van der Waals surface area contributed by atoms with Crippen molar-refractivity contribution in [3.8, 4) is 34.2 Å². The SMILES string of the molecule is CC(C)(C)c1ccnc(-c2cc(C(C)(C)C)ccn2)c1.CC(C)(C)c1ccnc(-c2cc(C(C)(C)C)ccn2)c1.[Br][Pt].[Br][Pt].[CH2-]c1ccnc(-c2cc([CH2-])ccn2)c1.[CH3-].[CH3-].[CH3-].[CH3-].[CH3-].[CH3-].[Pt+2]. The van der Waals surface area contributed by atoms with Crippen molar-refractivity contribution >= 4 is 26.6 Å². The van der Waals surface area contributed by atoms with Crippen molar-refractivity contribution in [1.29, 1.82) is 0 Å². The molecule has 6 heterocycles. The molecule has 0 fully saturated rings. The molecule has 0 saturated carbocycles. The van der Waals surface area contributed by atoms with Gasteiger partial charge in [0.05, 0.1) is 22.8 Å². The third kappa shape index (κ3) is 25.0. The summed E-state index contributed by atoms with van der Waals surface area (Å²) in [6, 6.07) is 24.4. The minimum absolute atomic E-state index is 0. The molecule has 0 amide bonds. The van der Waals surface area contributed by atoms with E-state index in [9.17, 15) is 0 Å². The van der Waals surface area contributed by atoms with Gasteiger partial charge in [-0.2, -0.15) is 25.0 Å². The van der Waals surface area contributed by atoms with E-state index in [4.69, 9.17) is 0 Å². The largest absolute Gasteiger partial charge is 2.00 e. The van der Waals surface area contributed by atoms with Crippen LogP contribution in [0.3, 0.4) is 0 Å². The van der Waals surface area contributed by atoms with Crippen LogP contribution in [0.5, 0.6) is 0 Å². The van der Waals surface area contributed by atoms with Gasteiger partial charge in [-0.3, -0.25) is 29.9 Å². The second-order valence-electron chi connectivity index (χ2n) is 17.8. The molecule has 0 bridgehead atoms. The molecule has 372 valence electrons. The van der Waals surface area contributed by atoms with Crippen LogP contribution in [0, 0.1) is 58.4 Å². The molecule has 0 atom stereocenters. The maximum Gasteiger partial charge on any atom is 2.00 e. The fraction of sp³-hybridized carbons (Fsp3) is 0.296. The van der Waals surface area contributed by atoms with Gasteiger partial charge in [-0.1, -0.05) is 83.1 Å². The van der Waals surface area contributed by atoms with E-state index in [0.29, 0.717) is 0 Å². The van der Waals surface area contributed by atoms with Gasteiger partial charge in [-0.05, 0) is 105 Å². The Kier molecular flexibility index (Phi) is 38.9. The molecule has 0 radical (unpaired) electrons. The van der Waals surface area contributed by atoms with Crippen LogP contribution in [-0.4, -0.2) is 29.9 Å². The first kappa shape index (κ1) is 74.2. The predicted molar refractivity (Wildman–Crippen MR) is 282 cm³/mol. The number of pyridine rings is 6. The Bertz CT molecular complexity index is 1910. The maximum atomic E-state index is 4.48. The summed E-state index contributed by atoms with van der Waals surface area (Å²) in [6.07, 6.45) is 11.0. The average molecular weight is 1550 g/mol. The van der Waals surface area contributed by atoms with Gasteiger partial charge in [-0.25, -0.2) is 0 Å². The zero-order chi connectivity index (χ0) is 43.9. The Balaban J connectivity index is -0.000000186. The summed E-state index contributed by atoms with van der Waals surface area (Å²) in [5.41, 5.74) is 13.0. The Morgan fingerprint density at radius 2 is 0.477 bits per heavy atom. The maximum absolute atomic E-state index is 4.48. The van der Waals surface area contributed by atoms with Gasteiger partial charge in [0.25, 0.3) is 0 Å². The first-order valence-electron chi connectivity index (χ1n) is 18.8. The van der Waals surface area contributed by atoms with E-state index in [1.165, 1.54) is 22.3 Å². The van der Waals surface area contributed by atoms with E-state index in [-0.39, 0.29) is 87.3 Å². The number of nitrogens with zero attached hydrogens (tertiary/aromatic N) is 6. The summed E-state index contributed by atoms with van der Waals surface area (Å²) < 4.78 is 0. The van der Waals surface area contributed by atoms with Gasteiger partial charge in [0, 0.05) is 36.2 Å². The Morgan fingerprint density at radius 1 is 0.323 bits per heavy atom. The van der Waals surface area contributed by atoms with Crippen LogP contribution in [0.25, 0.3) is 34.2 Å². The quantitative estimate of drug-likeness (QED) is 0.164. The molecule has 0 aliphatic carbocycles. The number of hydrogen-bond acceptors (Lipinski definition) is 6. The van der Waals surface area contributed by atoms with Crippen LogP contribution in [0.2, 0.25) is 0 Å². The van der Waals surface area contributed by atoms with Crippen molar-refractivity contribution in [2.75, 3.05) is 0 Å². The van der Waals surface area contributed by atoms with Gasteiger partial charge in [0.2, 0.25) is 0 Å². The topological polar surface area (TPSA) is 77.3 Å². The van der Waals surface area contributed by atoms with Crippen LogP contribution >= 0.6 is 26.6 Å². The van der Waals surface area contributed by atoms with Crippen molar-refractivity contribution in [1.82, 2.24) is 29.9 Å². The monoisotopic (exact) mass is 1550 g/mol. The summed E-state index contributed by atoms with van der Waals surface area (Å²) >= 11 is 9.72. The zero-order valence-corrected chi connectivity index (χ0v) is 52.2. The van der Waals surface area contributed by atoms with E-state index in [0.717, 1.165) is 45.3 Å². The minimum Gasteiger partial charge on any atom is -0.358 e. The molecule has 6 rings (SSSR count). The Labute approximate surface area is 449 Å². The second-order valence-corrected chi connectivity index (χ2v) is 17.8. The van der Waals surface area contributed by atoms with Gasteiger partial charge in [0.1, 0.15) is 0 Å². The van der Waals surface area contributed by atoms with Gasteiger partial charge in [0.15, 0.2) is 0 Å². The van der Waals surface area contributed by atoms with Crippen molar-refractivity contribution in [3.63, 3.8) is 0 Å². The fourth-order valence-electron chi connectivity index (χ4n) is 5.38. The number of rotatable bonds is 3. The summed E-state index contributed by atoms with van der Waals surface area (Å²) in [6.45, 7) is 34.3. The number of hydrogen-bond donors (Lipinski definition) is 0. The summed E-state index contributed by atoms with van der Waals surface area (Å²) in [5.74, 6) is 0. The molecule has 0 saturated heterocycles. The third-order valence-electron chi connectivity index (χ3n) is 8.94. The molecule has 0 aliphatic rings. The molecule has 6 aromatic rings. The van der Waals surface area contributed by atoms with E-state index in [1.807, 2.05) is 84.6 Å². The smallest absolute Gasteiger partial charge is 0.358 e.